The van der Waals surface area contributed by atoms with Gasteiger partial charge in [-0.05, 0) is 40.5 Å². The van der Waals surface area contributed by atoms with E-state index in [9.17, 15) is 4.79 Å². The van der Waals surface area contributed by atoms with Gasteiger partial charge >= 0.3 is 6.09 Å². The summed E-state index contributed by atoms with van der Waals surface area (Å²) in [5.74, 6) is 0. The lowest BCUT2D eigenvalue weighted by Gasteiger charge is -2.32. The number of nitrogens with one attached hydrogen (secondary N) is 2. The summed E-state index contributed by atoms with van der Waals surface area (Å²) in [5.41, 5.74) is -0.457. The van der Waals surface area contributed by atoms with Gasteiger partial charge in [0.15, 0.2) is 0 Å². The number of ether oxygens (including phenoxy) is 2. The molecule has 1 saturated carbocycles. The van der Waals surface area contributed by atoms with Crippen molar-refractivity contribution in [2.24, 2.45) is 0 Å². The Kier molecular flexibility index (Phi) is 6.76. The van der Waals surface area contributed by atoms with Crippen LogP contribution in [0.5, 0.6) is 0 Å². The van der Waals surface area contributed by atoms with Crippen LogP contribution in [0.15, 0.2) is 0 Å². The van der Waals surface area contributed by atoms with E-state index in [1.165, 1.54) is 12.8 Å². The summed E-state index contributed by atoms with van der Waals surface area (Å²) >= 11 is 0. The number of carbonyl (C=O) groups is 1. The molecule has 0 aromatic rings. The number of amides is 1. The van der Waals surface area contributed by atoms with E-state index < -0.39 is 5.60 Å². The van der Waals surface area contributed by atoms with E-state index in [0.717, 1.165) is 19.4 Å². The fourth-order valence-corrected chi connectivity index (χ4v) is 2.50. The Bertz CT molecular complexity index is 302. The second kappa shape index (κ2) is 7.84. The zero-order valence-corrected chi connectivity index (χ0v) is 13.5. The molecule has 1 amide bonds. The number of alkyl carbamates (subject to hydrolysis) is 1. The van der Waals surface area contributed by atoms with Crippen molar-refractivity contribution in [3.8, 4) is 0 Å². The van der Waals surface area contributed by atoms with Crippen LogP contribution in [0.3, 0.4) is 0 Å². The third-order valence-electron chi connectivity index (χ3n) is 3.45. The van der Waals surface area contributed by atoms with Crippen LogP contribution in [-0.2, 0) is 9.47 Å². The second-order valence-corrected chi connectivity index (χ2v) is 6.62. The van der Waals surface area contributed by atoms with Crippen molar-refractivity contribution < 1.29 is 14.3 Å². The summed E-state index contributed by atoms with van der Waals surface area (Å²) in [6.07, 6.45) is 4.66. The van der Waals surface area contributed by atoms with Gasteiger partial charge in [0.05, 0.1) is 6.10 Å². The third-order valence-corrected chi connectivity index (χ3v) is 3.45. The summed E-state index contributed by atoms with van der Waals surface area (Å²) in [4.78, 5) is 11.7. The van der Waals surface area contributed by atoms with Crippen LogP contribution in [0, 0.1) is 0 Å². The van der Waals surface area contributed by atoms with Crippen LogP contribution in [0.1, 0.15) is 53.4 Å². The summed E-state index contributed by atoms with van der Waals surface area (Å²) in [6, 6.07) is 0.418. The standard InChI is InChI=1S/C15H30N2O3/c1-11(17-14(18)20-15(2,3)4)10-16-12-8-6-7-9-13(12)19-5/h11-13,16H,6-10H2,1-5H3,(H,17,18). The van der Waals surface area contributed by atoms with E-state index in [4.69, 9.17) is 9.47 Å². The molecule has 3 unspecified atom stereocenters. The number of hydrogen-bond donors (Lipinski definition) is 2. The molecule has 0 heterocycles. The Labute approximate surface area is 122 Å². The molecule has 0 aliphatic heterocycles. The zero-order chi connectivity index (χ0) is 15.2. The van der Waals surface area contributed by atoms with Gasteiger partial charge in [-0.15, -0.1) is 0 Å². The number of rotatable bonds is 5. The van der Waals surface area contributed by atoms with Crippen molar-refractivity contribution in [3.63, 3.8) is 0 Å². The van der Waals surface area contributed by atoms with Crippen LogP contribution in [-0.4, -0.2) is 43.5 Å². The maximum atomic E-state index is 11.7. The van der Waals surface area contributed by atoms with Gasteiger partial charge in [-0.25, -0.2) is 4.79 Å². The summed E-state index contributed by atoms with van der Waals surface area (Å²) < 4.78 is 10.7. The molecule has 0 bridgehead atoms. The van der Waals surface area contributed by atoms with E-state index >= 15 is 0 Å². The lowest BCUT2D eigenvalue weighted by molar-refractivity contribution is 0.0396. The molecule has 0 aromatic heterocycles. The second-order valence-electron chi connectivity index (χ2n) is 6.62. The highest BCUT2D eigenvalue weighted by Crippen LogP contribution is 2.20. The van der Waals surface area contributed by atoms with Crippen molar-refractivity contribution in [3.05, 3.63) is 0 Å². The SMILES string of the molecule is COC1CCCCC1NCC(C)NC(=O)OC(C)(C)C. The summed E-state index contributed by atoms with van der Waals surface area (Å²) in [7, 11) is 1.77. The molecule has 1 rings (SSSR count). The van der Waals surface area contributed by atoms with E-state index in [1.807, 2.05) is 27.7 Å². The summed E-state index contributed by atoms with van der Waals surface area (Å²) in [5, 5.41) is 6.34. The van der Waals surface area contributed by atoms with Crippen molar-refractivity contribution in [2.75, 3.05) is 13.7 Å². The van der Waals surface area contributed by atoms with Crippen LogP contribution >= 0.6 is 0 Å². The highest BCUT2D eigenvalue weighted by molar-refractivity contribution is 5.68. The Morgan fingerprint density at radius 1 is 1.30 bits per heavy atom. The Hall–Kier alpha value is -0.810. The smallest absolute Gasteiger partial charge is 0.407 e. The van der Waals surface area contributed by atoms with E-state index in [1.54, 1.807) is 7.11 Å². The highest BCUT2D eigenvalue weighted by Gasteiger charge is 2.25. The van der Waals surface area contributed by atoms with Crippen molar-refractivity contribution in [1.82, 2.24) is 10.6 Å². The van der Waals surface area contributed by atoms with Crippen molar-refractivity contribution in [1.29, 1.82) is 0 Å². The molecular formula is C15H30N2O3. The number of hydrogen-bond acceptors (Lipinski definition) is 4. The fraction of sp³-hybridized carbons (Fsp3) is 0.933. The molecule has 20 heavy (non-hydrogen) atoms. The van der Waals surface area contributed by atoms with Gasteiger partial charge < -0.3 is 20.1 Å². The minimum absolute atomic E-state index is 0.0317. The first-order valence-corrected chi connectivity index (χ1v) is 7.57. The summed E-state index contributed by atoms with van der Waals surface area (Å²) in [6.45, 7) is 8.29. The average molecular weight is 286 g/mol. The van der Waals surface area contributed by atoms with E-state index in [0.29, 0.717) is 6.04 Å². The third kappa shape index (κ3) is 6.57. The molecule has 5 heteroatoms. The van der Waals surface area contributed by atoms with Crippen LogP contribution in [0.4, 0.5) is 4.79 Å². The van der Waals surface area contributed by atoms with Crippen molar-refractivity contribution in [2.45, 2.75) is 77.2 Å². The van der Waals surface area contributed by atoms with Crippen LogP contribution in [0.25, 0.3) is 0 Å². The highest BCUT2D eigenvalue weighted by atomic mass is 16.6. The quantitative estimate of drug-likeness (QED) is 0.815. The lowest BCUT2D eigenvalue weighted by atomic mass is 9.92. The number of methoxy groups -OCH3 is 1. The first-order valence-electron chi connectivity index (χ1n) is 7.57. The van der Waals surface area contributed by atoms with Crippen LogP contribution in [0.2, 0.25) is 0 Å². The molecule has 5 nitrogen and oxygen atoms in total. The molecule has 1 aliphatic rings. The monoisotopic (exact) mass is 286 g/mol. The Morgan fingerprint density at radius 2 is 1.95 bits per heavy atom. The Morgan fingerprint density at radius 3 is 2.55 bits per heavy atom. The molecule has 1 aliphatic carbocycles. The minimum atomic E-state index is -0.457. The Balaban J connectivity index is 2.28. The fourth-order valence-electron chi connectivity index (χ4n) is 2.50. The average Bonchev–Trinajstić information content (AvgIpc) is 2.34. The van der Waals surface area contributed by atoms with Gasteiger partial charge in [-0.2, -0.15) is 0 Å². The maximum absolute atomic E-state index is 11.7. The topological polar surface area (TPSA) is 59.6 Å². The van der Waals surface area contributed by atoms with Gasteiger partial charge in [-0.1, -0.05) is 12.8 Å². The van der Waals surface area contributed by atoms with Gasteiger partial charge in [0.2, 0.25) is 0 Å². The van der Waals surface area contributed by atoms with Gasteiger partial charge in [0, 0.05) is 25.7 Å². The number of carbonyl (C=O) groups excluding carboxylic acids is 1. The maximum Gasteiger partial charge on any atom is 0.407 e. The van der Waals surface area contributed by atoms with Crippen LogP contribution < -0.4 is 10.6 Å². The van der Waals surface area contributed by atoms with E-state index in [-0.39, 0.29) is 18.2 Å². The molecule has 0 aromatic carbocycles. The van der Waals surface area contributed by atoms with Gasteiger partial charge in [-0.3, -0.25) is 0 Å². The molecule has 3 atom stereocenters. The molecule has 1 fully saturated rings. The predicted molar refractivity (Wildman–Crippen MR) is 79.9 cm³/mol. The largest absolute Gasteiger partial charge is 0.444 e. The minimum Gasteiger partial charge on any atom is -0.444 e. The lowest BCUT2D eigenvalue weighted by Crippen LogP contribution is -2.49. The predicted octanol–water partition coefficient (Wildman–Crippen LogP) is 2.45. The molecule has 118 valence electrons. The normalized spacial score (nSPS) is 25.1. The molecular weight excluding hydrogens is 256 g/mol. The molecule has 0 saturated heterocycles. The van der Waals surface area contributed by atoms with Gasteiger partial charge in [0.1, 0.15) is 5.60 Å². The van der Waals surface area contributed by atoms with Crippen molar-refractivity contribution >= 4 is 6.09 Å². The first-order chi connectivity index (χ1) is 9.31. The zero-order valence-electron chi connectivity index (χ0n) is 13.5. The molecule has 2 N–H and O–H groups in total. The van der Waals surface area contributed by atoms with Gasteiger partial charge in [0.25, 0.3) is 0 Å². The molecule has 0 radical (unpaired) electrons. The molecule has 0 spiro atoms. The van der Waals surface area contributed by atoms with E-state index in [2.05, 4.69) is 10.6 Å². The first kappa shape index (κ1) is 17.2.